The van der Waals surface area contributed by atoms with Crippen molar-refractivity contribution in [2.24, 2.45) is 0 Å². The Balaban J connectivity index is 1.55. The van der Waals surface area contributed by atoms with Crippen LogP contribution < -0.4 is 0 Å². The molecular formula is C21H22N4O4S. The van der Waals surface area contributed by atoms with Crippen molar-refractivity contribution in [3.63, 3.8) is 0 Å². The van der Waals surface area contributed by atoms with Gasteiger partial charge in [0, 0.05) is 62.8 Å². The van der Waals surface area contributed by atoms with Gasteiger partial charge in [-0.2, -0.15) is 0 Å². The second kappa shape index (κ2) is 7.42. The molecule has 2 aromatic rings. The number of imidazole rings is 1. The van der Waals surface area contributed by atoms with E-state index in [1.165, 1.54) is 0 Å². The molecule has 1 aromatic carbocycles. The molecular weight excluding hydrogens is 404 g/mol. The molecule has 8 nitrogen and oxygen atoms in total. The van der Waals surface area contributed by atoms with E-state index in [9.17, 15) is 9.59 Å². The lowest BCUT2D eigenvalue weighted by Crippen LogP contribution is -2.45. The van der Waals surface area contributed by atoms with Crippen LogP contribution in [0.25, 0.3) is 17.5 Å². The molecule has 0 N–H and O–H groups in total. The number of benzene rings is 1. The first kappa shape index (κ1) is 19.1. The zero-order valence-electron chi connectivity index (χ0n) is 16.6. The molecule has 4 heterocycles. The molecule has 156 valence electrons. The van der Waals surface area contributed by atoms with E-state index in [4.69, 9.17) is 13.4 Å². The summed E-state index contributed by atoms with van der Waals surface area (Å²) in [5.41, 5.74) is 1.67. The van der Waals surface area contributed by atoms with Gasteiger partial charge in [0.2, 0.25) is 0 Å². The van der Waals surface area contributed by atoms with Crippen molar-refractivity contribution < 1.29 is 18.0 Å². The third-order valence-electron chi connectivity index (χ3n) is 5.37. The van der Waals surface area contributed by atoms with Crippen LogP contribution in [0.3, 0.4) is 0 Å². The van der Waals surface area contributed by atoms with Crippen molar-refractivity contribution in [3.8, 4) is 11.3 Å². The number of aromatic nitrogens is 2. The maximum Gasteiger partial charge on any atom is 0.354 e. The minimum atomic E-state index is -2.80. The Labute approximate surface area is 176 Å². The van der Waals surface area contributed by atoms with Crippen LogP contribution in [0.4, 0.5) is 0 Å². The molecule has 0 unspecified atom stereocenters. The normalized spacial score (nSPS) is 22.2. The average Bonchev–Trinajstić information content (AvgIpc) is 3.22. The van der Waals surface area contributed by atoms with Crippen LogP contribution in [0.15, 0.2) is 58.7 Å². The fourth-order valence-corrected chi connectivity index (χ4v) is 6.14. The monoisotopic (exact) mass is 426 g/mol. The first-order valence-corrected chi connectivity index (χ1v) is 11.3. The highest BCUT2D eigenvalue weighted by Gasteiger charge is 2.45. The zero-order chi connectivity index (χ0) is 20.7. The summed E-state index contributed by atoms with van der Waals surface area (Å²) in [7, 11) is -0.704. The SMILES string of the molecule is CN1CCN(CC2=Cn3cc(-c4ccccc4)nc3S23OC(=O)C=CC(=O)O3)CC1. The molecule has 3 aliphatic heterocycles. The van der Waals surface area contributed by atoms with E-state index in [2.05, 4.69) is 16.8 Å². The quantitative estimate of drug-likeness (QED) is 0.745. The van der Waals surface area contributed by atoms with Crippen molar-refractivity contribution in [3.05, 3.63) is 53.6 Å². The summed E-state index contributed by atoms with van der Waals surface area (Å²) in [5.74, 6) is -1.20. The molecule has 3 aliphatic rings. The lowest BCUT2D eigenvalue weighted by atomic mass is 10.2. The van der Waals surface area contributed by atoms with Crippen LogP contribution >= 0.6 is 10.6 Å². The van der Waals surface area contributed by atoms with Gasteiger partial charge in [-0.1, -0.05) is 30.3 Å². The maximum atomic E-state index is 12.4. The Morgan fingerprint density at radius 1 is 1.00 bits per heavy atom. The van der Waals surface area contributed by atoms with Gasteiger partial charge in [0.15, 0.2) is 0 Å². The van der Waals surface area contributed by atoms with Crippen molar-refractivity contribution in [2.45, 2.75) is 5.16 Å². The van der Waals surface area contributed by atoms with Crippen LogP contribution in [0.1, 0.15) is 0 Å². The van der Waals surface area contributed by atoms with Crippen LogP contribution in [0.2, 0.25) is 0 Å². The van der Waals surface area contributed by atoms with Gasteiger partial charge < -0.3 is 13.3 Å². The standard InChI is InChI=1S/C21H22N4O4S/c1-23-9-11-24(12-10-23)13-17-14-25-15-18(16-5-3-2-4-6-16)22-21(25)30(17)28-19(26)7-8-20(27)29-30/h2-8,14-15H,9-13H2,1H3. The van der Waals surface area contributed by atoms with Gasteiger partial charge >= 0.3 is 11.9 Å². The second-order valence-electron chi connectivity index (χ2n) is 7.50. The Hall–Kier alpha value is -2.88. The number of carbonyl (C=O) groups is 2. The molecule has 1 spiro atoms. The molecule has 9 heteroatoms. The highest BCUT2D eigenvalue weighted by Crippen LogP contribution is 2.67. The van der Waals surface area contributed by atoms with E-state index < -0.39 is 22.5 Å². The highest BCUT2D eigenvalue weighted by molar-refractivity contribution is 8.29. The van der Waals surface area contributed by atoms with E-state index in [0.29, 0.717) is 11.7 Å². The summed E-state index contributed by atoms with van der Waals surface area (Å²) < 4.78 is 13.4. The Morgan fingerprint density at radius 2 is 1.67 bits per heavy atom. The summed E-state index contributed by atoms with van der Waals surface area (Å²) in [4.78, 5) is 34.8. The predicted octanol–water partition coefficient (Wildman–Crippen LogP) is 2.26. The number of nitrogens with zero attached hydrogens (tertiary/aromatic N) is 4. The van der Waals surface area contributed by atoms with Crippen molar-refractivity contribution in [2.75, 3.05) is 39.8 Å². The van der Waals surface area contributed by atoms with E-state index >= 15 is 0 Å². The zero-order valence-corrected chi connectivity index (χ0v) is 17.4. The Kier molecular flexibility index (Phi) is 4.73. The van der Waals surface area contributed by atoms with E-state index in [1.807, 2.05) is 47.3 Å². The Morgan fingerprint density at radius 3 is 2.33 bits per heavy atom. The van der Waals surface area contributed by atoms with Crippen LogP contribution in [-0.2, 0) is 18.0 Å². The van der Waals surface area contributed by atoms with Gasteiger partial charge in [0.05, 0.1) is 10.6 Å². The first-order valence-electron chi connectivity index (χ1n) is 9.78. The molecule has 0 amide bonds. The molecule has 30 heavy (non-hydrogen) atoms. The lowest BCUT2D eigenvalue weighted by Gasteiger charge is -2.39. The fourth-order valence-electron chi connectivity index (χ4n) is 3.73. The molecule has 1 fully saturated rings. The van der Waals surface area contributed by atoms with Gasteiger partial charge in [0.25, 0.3) is 5.16 Å². The lowest BCUT2D eigenvalue weighted by molar-refractivity contribution is -0.129. The summed E-state index contributed by atoms with van der Waals surface area (Å²) in [6.45, 7) is 4.24. The number of piperazine rings is 1. The largest absolute Gasteiger partial charge is 0.354 e. The van der Waals surface area contributed by atoms with Gasteiger partial charge in [0.1, 0.15) is 0 Å². The molecule has 0 aliphatic carbocycles. The average molecular weight is 426 g/mol. The predicted molar refractivity (Wildman–Crippen MR) is 113 cm³/mol. The fraction of sp³-hybridized carbons (Fsp3) is 0.286. The van der Waals surface area contributed by atoms with E-state index in [0.717, 1.165) is 54.5 Å². The second-order valence-corrected chi connectivity index (χ2v) is 9.73. The third kappa shape index (κ3) is 3.34. The molecule has 0 atom stereocenters. The molecule has 0 saturated carbocycles. The van der Waals surface area contributed by atoms with E-state index in [1.54, 1.807) is 0 Å². The number of likely N-dealkylation sites (N-methyl/N-ethyl adjacent to an activating group) is 1. The highest BCUT2D eigenvalue weighted by atomic mass is 32.3. The minimum absolute atomic E-state index is 0.455. The summed E-state index contributed by atoms with van der Waals surface area (Å²) in [6.07, 6.45) is 6.01. The van der Waals surface area contributed by atoms with Gasteiger partial charge in [-0.3, -0.25) is 9.47 Å². The van der Waals surface area contributed by atoms with Crippen LogP contribution in [-0.4, -0.2) is 71.1 Å². The summed E-state index contributed by atoms with van der Waals surface area (Å²) in [5, 5.41) is 0.455. The topological polar surface area (TPSA) is 76.9 Å². The van der Waals surface area contributed by atoms with Gasteiger partial charge in [-0.25, -0.2) is 14.6 Å². The summed E-state index contributed by atoms with van der Waals surface area (Å²) >= 11 is 0. The van der Waals surface area contributed by atoms with Crippen LogP contribution in [0, 0.1) is 0 Å². The Bertz CT molecular complexity index is 1030. The molecule has 1 saturated heterocycles. The minimum Gasteiger partial charge on any atom is -0.328 e. The van der Waals surface area contributed by atoms with Crippen molar-refractivity contribution in [1.82, 2.24) is 19.4 Å². The number of hydrogen-bond donors (Lipinski definition) is 0. The number of rotatable bonds is 3. The number of fused-ring (bicyclic) bond motifs is 2. The molecule has 0 bridgehead atoms. The molecule has 0 radical (unpaired) electrons. The summed E-state index contributed by atoms with van der Waals surface area (Å²) in [6, 6.07) is 9.73. The van der Waals surface area contributed by atoms with Gasteiger partial charge in [-0.15, -0.1) is 0 Å². The van der Waals surface area contributed by atoms with Crippen molar-refractivity contribution in [1.29, 1.82) is 0 Å². The number of carbonyl (C=O) groups excluding carboxylic acids is 2. The van der Waals surface area contributed by atoms with E-state index in [-0.39, 0.29) is 0 Å². The number of hydrogen-bond acceptors (Lipinski definition) is 7. The molecule has 5 rings (SSSR count). The van der Waals surface area contributed by atoms with Crippen molar-refractivity contribution >= 4 is 28.7 Å². The smallest absolute Gasteiger partial charge is 0.328 e. The maximum absolute atomic E-state index is 12.4. The van der Waals surface area contributed by atoms with Gasteiger partial charge in [-0.05, 0) is 17.6 Å². The van der Waals surface area contributed by atoms with Crippen LogP contribution in [0.5, 0.6) is 0 Å². The first-order chi connectivity index (χ1) is 14.5. The molecule has 1 aromatic heterocycles. The third-order valence-corrected chi connectivity index (χ3v) is 7.87.